The number of ether oxygens (including phenoxy) is 3. The van der Waals surface area contributed by atoms with E-state index in [1.165, 1.54) is 44.9 Å². The van der Waals surface area contributed by atoms with Crippen molar-refractivity contribution in [3.05, 3.63) is 152 Å². The van der Waals surface area contributed by atoms with Crippen molar-refractivity contribution in [3.63, 3.8) is 0 Å². The Morgan fingerprint density at radius 2 is 1.06 bits per heavy atom. The molecule has 0 radical (unpaired) electrons. The smallest absolute Gasteiger partial charge is 0.280 e. The van der Waals surface area contributed by atoms with Gasteiger partial charge in [-0.2, -0.15) is 5.26 Å². The summed E-state index contributed by atoms with van der Waals surface area (Å²) in [6, 6.07) is 9.70. The fraction of sp³-hybridized carbons (Fsp3) is 0.328. The Morgan fingerprint density at radius 1 is 0.607 bits per heavy atom. The maximum atomic E-state index is 15.5. The highest BCUT2D eigenvalue weighted by atomic mass is 32.2. The summed E-state index contributed by atoms with van der Waals surface area (Å²) < 4.78 is 189. The van der Waals surface area contributed by atoms with Crippen LogP contribution in [0, 0.1) is 35.7 Å². The fourth-order valence-corrected chi connectivity index (χ4v) is 17.4. The molecule has 2 aromatic carbocycles. The molecule has 3 saturated heterocycles. The first-order chi connectivity index (χ1) is 42.0. The van der Waals surface area contributed by atoms with Gasteiger partial charge in [-0.3, -0.25) is 19.4 Å². The minimum atomic E-state index is -4.85. The number of nitrogens with one attached hydrogen (secondary N) is 6. The maximum absolute atomic E-state index is 15.5. The van der Waals surface area contributed by atoms with Crippen molar-refractivity contribution in [2.24, 2.45) is 0 Å². The molecule has 3 amide bonds. The summed E-state index contributed by atoms with van der Waals surface area (Å²) in [6.07, 6.45) is 3.09. The van der Waals surface area contributed by atoms with Crippen molar-refractivity contribution in [1.82, 2.24) is 32.9 Å². The van der Waals surface area contributed by atoms with Gasteiger partial charge in [0.05, 0.1) is 78.9 Å². The summed E-state index contributed by atoms with van der Waals surface area (Å²) in [4.78, 5) is 47.0. The number of benzene rings is 2. The van der Waals surface area contributed by atoms with E-state index in [0.717, 1.165) is 48.7 Å². The molecule has 6 N–H and O–H groups in total. The number of nitriles is 1. The zero-order chi connectivity index (χ0) is 63.5. The SMILES string of the molecule is Cc1c(S(=O)(=O)NC2(C)COC2)c2n(c1C(=O)Nc1ccnc(C(F)F)c1)CC(Cc1c(S(=O)(=O)NC3(C)COC3)c3n(c1C(=O)Nc1ccc(F)c(C#N)c1)CC(Cc1c(S(=O)(=O)NC4(C)COC4)c4n(c1C(=O)Nc1ccc(F)c(F)c1)CC=C4)=C3)=C2. The van der Waals surface area contributed by atoms with E-state index in [0.29, 0.717) is 0 Å². The van der Waals surface area contributed by atoms with Crippen molar-refractivity contribution in [2.75, 3.05) is 55.6 Å². The summed E-state index contributed by atoms with van der Waals surface area (Å²) in [5.41, 5.74) is -5.60. The Balaban J connectivity index is 1.02. The van der Waals surface area contributed by atoms with E-state index < -0.39 is 117 Å². The van der Waals surface area contributed by atoms with Crippen molar-refractivity contribution in [3.8, 4) is 6.07 Å². The number of hydrogen-bond acceptors (Lipinski definition) is 14. The Hall–Kier alpha value is -8.19. The van der Waals surface area contributed by atoms with Crippen LogP contribution in [0.3, 0.4) is 0 Å². The van der Waals surface area contributed by atoms with Crippen LogP contribution in [0.4, 0.5) is 39.0 Å². The van der Waals surface area contributed by atoms with Gasteiger partial charge in [0.15, 0.2) is 11.6 Å². The summed E-state index contributed by atoms with van der Waals surface area (Å²) in [5.74, 6) is -6.26. The van der Waals surface area contributed by atoms with Crippen LogP contribution < -0.4 is 30.1 Å². The highest BCUT2D eigenvalue weighted by Crippen LogP contribution is 2.43. The number of carbonyl (C=O) groups excluding carboxylic acids is 3. The molecule has 4 aromatic heterocycles. The van der Waals surface area contributed by atoms with E-state index in [1.807, 2.05) is 0 Å². The van der Waals surface area contributed by atoms with Crippen LogP contribution in [0.25, 0.3) is 18.2 Å². The summed E-state index contributed by atoms with van der Waals surface area (Å²) in [5, 5.41) is 17.5. The lowest BCUT2D eigenvalue weighted by Crippen LogP contribution is -2.59. The van der Waals surface area contributed by atoms with Crippen LogP contribution in [-0.2, 0) is 76.8 Å². The Bertz CT molecular complexity index is 4570. The van der Waals surface area contributed by atoms with Gasteiger partial charge in [-0.05, 0) is 112 Å². The molecular weight excluding hydrogens is 1230 g/mol. The second-order valence-electron chi connectivity index (χ2n) is 23.5. The highest BCUT2D eigenvalue weighted by molar-refractivity contribution is 7.90. The standard InChI is InChI=1S/C58H54F5N11O12S3/c1-30-46(53(75)68-36-11-12-65-42(20-36)52(62)63)73-22-31(16-44(73)49(30)87(78,79)69-56(2)24-84-25-56)15-38-48(55(77)66-34-7-9-39(59)33(18-34)21-64)74-23-32(17-45(74)51(38)89(82,83)71-58(4)28-86-29-58)14-37-47(54(76)67-35-8-10-40(60)41(61)19-35)72-13-5-6-43(72)50(37)88(80,81)70-57(3)26-85-27-57/h5-12,16-20,52,69-71H,13-15,22-29H2,1-4H3,(H,66,77)(H,67,76)(H,65,68,75). The molecule has 0 saturated carbocycles. The third kappa shape index (κ3) is 11.2. The van der Waals surface area contributed by atoms with Crippen LogP contribution in [0.5, 0.6) is 0 Å². The summed E-state index contributed by atoms with van der Waals surface area (Å²) in [6.45, 7) is 5.32. The number of amides is 3. The number of rotatable bonds is 20. The quantitative estimate of drug-likeness (QED) is 0.0458. The molecule has 6 aliphatic rings. The third-order valence-corrected chi connectivity index (χ3v) is 21.2. The monoisotopic (exact) mass is 1290 g/mol. The van der Waals surface area contributed by atoms with Crippen molar-refractivity contribution in [2.45, 2.75) is 97.9 Å². The number of anilines is 3. The number of aromatic nitrogens is 4. The third-order valence-electron chi connectivity index (χ3n) is 15.9. The largest absolute Gasteiger partial charge is 0.377 e. The van der Waals surface area contributed by atoms with Gasteiger partial charge >= 0.3 is 0 Å². The maximum Gasteiger partial charge on any atom is 0.280 e. The van der Waals surface area contributed by atoms with Gasteiger partial charge in [0.25, 0.3) is 24.1 Å². The second-order valence-corrected chi connectivity index (χ2v) is 28.3. The normalized spacial score (nSPS) is 17.6. The highest BCUT2D eigenvalue weighted by Gasteiger charge is 2.47. The Kier molecular flexibility index (Phi) is 15.2. The number of fused-ring (bicyclic) bond motifs is 3. The van der Waals surface area contributed by atoms with Crippen LogP contribution in [-0.4, -0.2) is 118 Å². The molecule has 31 heteroatoms. The molecule has 89 heavy (non-hydrogen) atoms. The lowest BCUT2D eigenvalue weighted by Gasteiger charge is -2.38. The zero-order valence-corrected chi connectivity index (χ0v) is 50.1. The molecule has 6 aromatic rings. The van der Waals surface area contributed by atoms with Crippen LogP contribution in [0.2, 0.25) is 0 Å². The molecule has 10 heterocycles. The van der Waals surface area contributed by atoms with E-state index in [9.17, 15) is 53.6 Å². The molecule has 0 unspecified atom stereocenters. The molecule has 23 nitrogen and oxygen atoms in total. The molecule has 6 aliphatic heterocycles. The van der Waals surface area contributed by atoms with E-state index in [2.05, 4.69) is 35.1 Å². The first-order valence-corrected chi connectivity index (χ1v) is 31.9. The van der Waals surface area contributed by atoms with E-state index in [-0.39, 0.29) is 148 Å². The minimum absolute atomic E-state index is 0.00166. The first kappa shape index (κ1) is 61.1. The fourth-order valence-electron chi connectivity index (χ4n) is 12.0. The van der Waals surface area contributed by atoms with Crippen molar-refractivity contribution >= 4 is 83.1 Å². The number of sulfonamides is 3. The van der Waals surface area contributed by atoms with Gasteiger partial charge in [0.2, 0.25) is 30.1 Å². The molecule has 0 atom stereocenters. The minimum Gasteiger partial charge on any atom is -0.377 e. The number of pyridine rings is 1. The predicted molar refractivity (Wildman–Crippen MR) is 310 cm³/mol. The van der Waals surface area contributed by atoms with E-state index in [1.54, 1.807) is 32.9 Å². The number of nitrogens with zero attached hydrogens (tertiary/aromatic N) is 5. The zero-order valence-electron chi connectivity index (χ0n) is 47.6. The predicted octanol–water partition coefficient (Wildman–Crippen LogP) is 6.29. The first-order valence-electron chi connectivity index (χ1n) is 27.5. The number of allylic oxidation sites excluding steroid dienone is 3. The summed E-state index contributed by atoms with van der Waals surface area (Å²) in [7, 11) is -14.0. The number of alkyl halides is 2. The molecule has 3 fully saturated rings. The Morgan fingerprint density at radius 3 is 1.55 bits per heavy atom. The number of halogens is 5. The molecule has 0 aliphatic carbocycles. The Labute approximate surface area is 505 Å². The lowest BCUT2D eigenvalue weighted by molar-refractivity contribution is -0.0523. The van der Waals surface area contributed by atoms with E-state index >= 15 is 13.2 Å². The van der Waals surface area contributed by atoms with Crippen LogP contribution >= 0.6 is 0 Å². The van der Waals surface area contributed by atoms with Gasteiger partial charge in [0.1, 0.15) is 49.3 Å². The second kappa shape index (κ2) is 22.1. The summed E-state index contributed by atoms with van der Waals surface area (Å²) >= 11 is 0. The molecular formula is C58H54F5N11O12S3. The van der Waals surface area contributed by atoms with Crippen molar-refractivity contribution < 1.29 is 75.8 Å². The van der Waals surface area contributed by atoms with Gasteiger partial charge in [0, 0.05) is 65.6 Å². The number of carbonyl (C=O) groups is 3. The van der Waals surface area contributed by atoms with Gasteiger partial charge in [-0.25, -0.2) is 61.4 Å². The van der Waals surface area contributed by atoms with Crippen molar-refractivity contribution in [1.29, 1.82) is 5.26 Å². The van der Waals surface area contributed by atoms with Gasteiger partial charge in [-0.1, -0.05) is 6.08 Å². The van der Waals surface area contributed by atoms with Crippen LogP contribution in [0.15, 0.2) is 86.6 Å². The van der Waals surface area contributed by atoms with E-state index in [4.69, 9.17) is 14.2 Å². The lowest BCUT2D eigenvalue weighted by atomic mass is 10.0. The topological polar surface area (TPSA) is 305 Å². The van der Waals surface area contributed by atoms with Gasteiger partial charge < -0.3 is 43.9 Å². The van der Waals surface area contributed by atoms with Gasteiger partial charge in [-0.15, -0.1) is 0 Å². The number of hydrogen-bond donors (Lipinski definition) is 6. The van der Waals surface area contributed by atoms with Crippen LogP contribution in [0.1, 0.15) is 104 Å². The average molecular weight is 1290 g/mol. The molecule has 0 bridgehead atoms. The average Bonchev–Trinajstić information content (AvgIpc) is 1.59. The molecule has 0 spiro atoms. The molecule has 466 valence electrons. The molecule has 12 rings (SSSR count).